The van der Waals surface area contributed by atoms with E-state index in [-0.39, 0.29) is 5.78 Å². The molecule has 0 bridgehead atoms. The zero-order valence-electron chi connectivity index (χ0n) is 9.42. The lowest BCUT2D eigenvalue weighted by Crippen LogP contribution is -2.38. The number of halogens is 2. The number of hydrogen-bond acceptors (Lipinski definition) is 2. The number of benzene rings is 1. The molecule has 1 rings (SSSR count). The molecule has 0 radical (unpaired) electrons. The van der Waals surface area contributed by atoms with Crippen molar-refractivity contribution in [3.05, 3.63) is 35.6 Å². The molecule has 1 N–H and O–H groups in total. The molecule has 0 aliphatic carbocycles. The van der Waals surface area contributed by atoms with Gasteiger partial charge in [-0.3, -0.25) is 4.79 Å². The lowest BCUT2D eigenvalue weighted by molar-refractivity contribution is -0.137. The van der Waals surface area contributed by atoms with Crippen molar-refractivity contribution in [1.29, 1.82) is 0 Å². The zero-order valence-corrected chi connectivity index (χ0v) is 11.0. The van der Waals surface area contributed by atoms with Gasteiger partial charge in [0, 0.05) is 11.0 Å². The SMILES string of the molecule is CC(C)(C)C(=O)C(O)(Br)c1ccc(F)cc1. The first-order valence-electron chi connectivity index (χ1n) is 4.88. The second-order valence-corrected chi connectivity index (χ2v) is 5.86. The Morgan fingerprint density at radius 1 is 1.25 bits per heavy atom. The van der Waals surface area contributed by atoms with Crippen LogP contribution >= 0.6 is 15.9 Å². The van der Waals surface area contributed by atoms with Crippen LogP contribution in [-0.2, 0) is 9.30 Å². The first-order chi connectivity index (χ1) is 7.15. The zero-order chi connectivity index (χ0) is 12.6. The lowest BCUT2D eigenvalue weighted by atomic mass is 9.85. The van der Waals surface area contributed by atoms with Crippen molar-refractivity contribution < 1.29 is 14.3 Å². The van der Waals surface area contributed by atoms with Crippen LogP contribution in [0.2, 0.25) is 0 Å². The lowest BCUT2D eigenvalue weighted by Gasteiger charge is -2.28. The Balaban J connectivity index is 3.11. The minimum Gasteiger partial charge on any atom is -0.368 e. The van der Waals surface area contributed by atoms with Gasteiger partial charge in [-0.2, -0.15) is 0 Å². The average Bonchev–Trinajstić information content (AvgIpc) is 2.16. The summed E-state index contributed by atoms with van der Waals surface area (Å²) in [6.07, 6.45) is 0. The highest BCUT2D eigenvalue weighted by molar-refractivity contribution is 9.10. The molecular weight excluding hydrogens is 275 g/mol. The monoisotopic (exact) mass is 288 g/mol. The van der Waals surface area contributed by atoms with Gasteiger partial charge < -0.3 is 5.11 Å². The second-order valence-electron chi connectivity index (χ2n) is 4.71. The Morgan fingerprint density at radius 2 is 1.69 bits per heavy atom. The molecule has 88 valence electrons. The van der Waals surface area contributed by atoms with Crippen LogP contribution in [0.15, 0.2) is 24.3 Å². The molecule has 16 heavy (non-hydrogen) atoms. The molecule has 1 atom stereocenters. The van der Waals surface area contributed by atoms with Crippen LogP contribution in [0.4, 0.5) is 4.39 Å². The van der Waals surface area contributed by atoms with E-state index in [1.54, 1.807) is 20.8 Å². The smallest absolute Gasteiger partial charge is 0.204 e. The van der Waals surface area contributed by atoms with Gasteiger partial charge in [-0.05, 0) is 28.1 Å². The highest BCUT2D eigenvalue weighted by Gasteiger charge is 2.41. The van der Waals surface area contributed by atoms with Crippen molar-refractivity contribution in [2.24, 2.45) is 5.41 Å². The number of alkyl halides is 1. The molecule has 0 aliphatic rings. The largest absolute Gasteiger partial charge is 0.368 e. The van der Waals surface area contributed by atoms with E-state index in [0.717, 1.165) is 0 Å². The van der Waals surface area contributed by atoms with Crippen molar-refractivity contribution in [2.45, 2.75) is 25.3 Å². The van der Waals surface area contributed by atoms with Crippen LogP contribution in [0.25, 0.3) is 0 Å². The number of rotatable bonds is 2. The molecule has 0 saturated heterocycles. The minimum atomic E-state index is -1.76. The third kappa shape index (κ3) is 2.68. The van der Waals surface area contributed by atoms with Gasteiger partial charge in [0.05, 0.1) is 0 Å². The maximum atomic E-state index is 12.7. The van der Waals surface area contributed by atoms with Crippen LogP contribution < -0.4 is 0 Å². The summed E-state index contributed by atoms with van der Waals surface area (Å²) in [5.41, 5.74) is -0.360. The molecule has 0 saturated carbocycles. The first-order valence-corrected chi connectivity index (χ1v) is 5.67. The van der Waals surface area contributed by atoms with Gasteiger partial charge in [-0.1, -0.05) is 32.9 Å². The summed E-state index contributed by atoms with van der Waals surface area (Å²) >= 11 is 3.00. The van der Waals surface area contributed by atoms with Gasteiger partial charge in [-0.25, -0.2) is 4.39 Å². The predicted octanol–water partition coefficient (Wildman–Crippen LogP) is 2.98. The van der Waals surface area contributed by atoms with Crippen LogP contribution in [0.3, 0.4) is 0 Å². The van der Waals surface area contributed by atoms with Gasteiger partial charge in [0.1, 0.15) is 5.82 Å². The quantitative estimate of drug-likeness (QED) is 0.850. The van der Waals surface area contributed by atoms with E-state index in [2.05, 4.69) is 15.9 Å². The average molecular weight is 289 g/mol. The highest BCUT2D eigenvalue weighted by Crippen LogP contribution is 2.36. The molecule has 1 aromatic carbocycles. The molecule has 2 nitrogen and oxygen atoms in total. The van der Waals surface area contributed by atoms with Crippen LogP contribution in [0.1, 0.15) is 26.3 Å². The molecule has 0 amide bonds. The van der Waals surface area contributed by atoms with Crippen LogP contribution in [0.5, 0.6) is 0 Å². The normalized spacial score (nSPS) is 15.6. The fraction of sp³-hybridized carbons (Fsp3) is 0.417. The Kier molecular flexibility index (Phi) is 3.55. The number of ketones is 1. The number of aliphatic hydroxyl groups is 1. The Labute approximate surface area is 103 Å². The molecular formula is C12H14BrFO2. The van der Waals surface area contributed by atoms with Gasteiger partial charge >= 0.3 is 0 Å². The van der Waals surface area contributed by atoms with Crippen molar-refractivity contribution in [1.82, 2.24) is 0 Å². The summed E-state index contributed by atoms with van der Waals surface area (Å²) in [6.45, 7) is 5.14. The Morgan fingerprint density at radius 3 is 2.06 bits per heavy atom. The summed E-state index contributed by atoms with van der Waals surface area (Å²) in [5.74, 6) is -0.776. The fourth-order valence-corrected chi connectivity index (χ4v) is 2.16. The van der Waals surface area contributed by atoms with E-state index in [1.165, 1.54) is 24.3 Å². The van der Waals surface area contributed by atoms with Crippen molar-refractivity contribution in [3.63, 3.8) is 0 Å². The highest BCUT2D eigenvalue weighted by atomic mass is 79.9. The van der Waals surface area contributed by atoms with Crippen LogP contribution in [-0.4, -0.2) is 10.9 Å². The second kappa shape index (κ2) is 4.26. The summed E-state index contributed by atoms with van der Waals surface area (Å²) in [5, 5.41) is 10.1. The molecule has 0 spiro atoms. The molecule has 1 unspecified atom stereocenters. The number of carbonyl (C=O) groups is 1. The molecule has 0 heterocycles. The molecule has 0 fully saturated rings. The predicted molar refractivity (Wildman–Crippen MR) is 63.7 cm³/mol. The standard InChI is InChI=1S/C12H14BrFO2/c1-11(2,3)10(15)12(13,16)8-4-6-9(14)7-5-8/h4-7,16H,1-3H3. The van der Waals surface area contributed by atoms with Crippen molar-refractivity contribution >= 4 is 21.7 Å². The van der Waals surface area contributed by atoms with Gasteiger partial charge in [0.25, 0.3) is 0 Å². The van der Waals surface area contributed by atoms with E-state index in [0.29, 0.717) is 5.56 Å². The molecule has 4 heteroatoms. The van der Waals surface area contributed by atoms with Crippen molar-refractivity contribution in [2.75, 3.05) is 0 Å². The van der Waals surface area contributed by atoms with E-state index >= 15 is 0 Å². The number of Topliss-reactive ketones (excluding diaryl/α,β-unsaturated/α-hetero) is 1. The maximum absolute atomic E-state index is 12.7. The summed E-state index contributed by atoms with van der Waals surface area (Å²) in [6, 6.07) is 5.18. The minimum absolute atomic E-state index is 0.328. The van der Waals surface area contributed by atoms with Gasteiger partial charge in [-0.15, -0.1) is 0 Å². The van der Waals surface area contributed by atoms with E-state index in [9.17, 15) is 14.3 Å². The van der Waals surface area contributed by atoms with Crippen molar-refractivity contribution in [3.8, 4) is 0 Å². The summed E-state index contributed by atoms with van der Waals surface area (Å²) in [4.78, 5) is 12.0. The Bertz CT molecular complexity index is 390. The van der Waals surface area contributed by atoms with Gasteiger partial charge in [0.2, 0.25) is 4.51 Å². The number of carbonyl (C=O) groups excluding carboxylic acids is 1. The van der Waals surface area contributed by atoms with Gasteiger partial charge in [0.15, 0.2) is 5.78 Å². The first kappa shape index (κ1) is 13.3. The fourth-order valence-electron chi connectivity index (χ4n) is 1.30. The van der Waals surface area contributed by atoms with E-state index in [1.807, 2.05) is 0 Å². The van der Waals surface area contributed by atoms with E-state index < -0.39 is 15.7 Å². The van der Waals surface area contributed by atoms with E-state index in [4.69, 9.17) is 0 Å². The third-order valence-electron chi connectivity index (χ3n) is 2.21. The summed E-state index contributed by atoms with van der Waals surface area (Å²) in [7, 11) is 0. The molecule has 1 aromatic rings. The summed E-state index contributed by atoms with van der Waals surface area (Å²) < 4.78 is 11.0. The van der Waals surface area contributed by atoms with Crippen LogP contribution in [0, 0.1) is 11.2 Å². The topological polar surface area (TPSA) is 37.3 Å². The molecule has 0 aliphatic heterocycles. The maximum Gasteiger partial charge on any atom is 0.204 e. The number of hydrogen-bond donors (Lipinski definition) is 1. The third-order valence-corrected chi connectivity index (χ3v) is 3.03. The molecule has 0 aromatic heterocycles. The Hall–Kier alpha value is -0.740.